The molecule has 0 unspecified atom stereocenters. The molecule has 0 saturated heterocycles. The normalized spacial score (nSPS) is 10.1. The van der Waals surface area contributed by atoms with Crippen molar-refractivity contribution >= 4 is 22.8 Å². The second-order valence-electron chi connectivity index (χ2n) is 3.50. The quantitative estimate of drug-likeness (QED) is 0.851. The Kier molecular flexibility index (Phi) is 3.34. The summed E-state index contributed by atoms with van der Waals surface area (Å²) >= 11 is 5.38. The zero-order chi connectivity index (χ0) is 13.1. The molecule has 18 heavy (non-hydrogen) atoms. The van der Waals surface area contributed by atoms with Crippen molar-refractivity contribution in [3.05, 3.63) is 47.8 Å². The SMILES string of the molecule is NC(=O)c1ccnc(-c2cc(C(=O)Cl)ccn2)c1. The summed E-state index contributed by atoms with van der Waals surface area (Å²) in [5.74, 6) is -0.553. The van der Waals surface area contributed by atoms with Crippen molar-refractivity contribution in [3.63, 3.8) is 0 Å². The van der Waals surface area contributed by atoms with E-state index in [1.165, 1.54) is 36.7 Å². The fourth-order valence-corrected chi connectivity index (χ4v) is 1.53. The van der Waals surface area contributed by atoms with Crippen LogP contribution in [-0.2, 0) is 0 Å². The summed E-state index contributed by atoms with van der Waals surface area (Å²) in [5, 5.41) is -0.579. The van der Waals surface area contributed by atoms with Gasteiger partial charge in [-0.15, -0.1) is 0 Å². The topological polar surface area (TPSA) is 85.9 Å². The van der Waals surface area contributed by atoms with Crippen molar-refractivity contribution in [1.82, 2.24) is 9.97 Å². The molecule has 2 N–H and O–H groups in total. The summed E-state index contributed by atoms with van der Waals surface area (Å²) in [4.78, 5) is 30.2. The van der Waals surface area contributed by atoms with Gasteiger partial charge in [-0.25, -0.2) is 0 Å². The Labute approximate surface area is 108 Å². The molecule has 0 atom stereocenters. The lowest BCUT2D eigenvalue weighted by Crippen LogP contribution is -2.11. The lowest BCUT2D eigenvalue weighted by atomic mass is 10.1. The zero-order valence-corrected chi connectivity index (χ0v) is 9.89. The van der Waals surface area contributed by atoms with Gasteiger partial charge in [-0.1, -0.05) is 0 Å². The summed E-state index contributed by atoms with van der Waals surface area (Å²) < 4.78 is 0. The van der Waals surface area contributed by atoms with Gasteiger partial charge in [-0.05, 0) is 35.9 Å². The van der Waals surface area contributed by atoms with Crippen molar-refractivity contribution in [2.75, 3.05) is 0 Å². The van der Waals surface area contributed by atoms with Crippen LogP contribution in [-0.4, -0.2) is 21.1 Å². The number of hydrogen-bond acceptors (Lipinski definition) is 4. The van der Waals surface area contributed by atoms with Crippen LogP contribution in [0.4, 0.5) is 0 Å². The molecule has 2 aromatic heterocycles. The molecular weight excluding hydrogens is 254 g/mol. The lowest BCUT2D eigenvalue weighted by molar-refractivity contribution is 0.0999. The zero-order valence-electron chi connectivity index (χ0n) is 9.13. The van der Waals surface area contributed by atoms with Crippen molar-refractivity contribution in [3.8, 4) is 11.4 Å². The smallest absolute Gasteiger partial charge is 0.252 e. The number of carbonyl (C=O) groups is 2. The molecule has 0 aliphatic carbocycles. The number of carbonyl (C=O) groups excluding carboxylic acids is 2. The first-order valence-corrected chi connectivity index (χ1v) is 5.38. The van der Waals surface area contributed by atoms with Crippen LogP contribution in [0.15, 0.2) is 36.7 Å². The fourth-order valence-electron chi connectivity index (χ4n) is 1.42. The van der Waals surface area contributed by atoms with Crippen molar-refractivity contribution < 1.29 is 9.59 Å². The molecule has 0 aliphatic heterocycles. The molecule has 6 heteroatoms. The van der Waals surface area contributed by atoms with Crippen LogP contribution < -0.4 is 5.73 Å². The number of aromatic nitrogens is 2. The number of pyridine rings is 2. The Hall–Kier alpha value is -2.27. The highest BCUT2D eigenvalue weighted by Crippen LogP contribution is 2.17. The third-order valence-electron chi connectivity index (χ3n) is 2.29. The summed E-state index contributed by atoms with van der Waals surface area (Å²) in [7, 11) is 0. The highest BCUT2D eigenvalue weighted by atomic mass is 35.5. The average Bonchev–Trinajstić information content (AvgIpc) is 2.39. The molecule has 2 rings (SSSR count). The Morgan fingerprint density at radius 3 is 2.00 bits per heavy atom. The molecule has 5 nitrogen and oxygen atoms in total. The largest absolute Gasteiger partial charge is 0.366 e. The van der Waals surface area contributed by atoms with Gasteiger partial charge >= 0.3 is 0 Å². The standard InChI is InChI=1S/C12H8ClN3O2/c13-11(17)7-1-3-15-9(5-7)10-6-8(12(14)18)2-4-16-10/h1-6H,(H2,14,18). The van der Waals surface area contributed by atoms with Crippen LogP contribution in [0.1, 0.15) is 20.7 Å². The van der Waals surface area contributed by atoms with Crippen LogP contribution in [0.5, 0.6) is 0 Å². The number of nitrogens with two attached hydrogens (primary N) is 1. The van der Waals surface area contributed by atoms with Gasteiger partial charge in [0.15, 0.2) is 0 Å². The Balaban J connectivity index is 2.48. The lowest BCUT2D eigenvalue weighted by Gasteiger charge is -2.02. The minimum atomic E-state index is -0.579. The average molecular weight is 262 g/mol. The fraction of sp³-hybridized carbons (Fsp3) is 0. The van der Waals surface area contributed by atoms with Gasteiger partial charge in [0, 0.05) is 23.5 Å². The van der Waals surface area contributed by atoms with Gasteiger partial charge in [0.25, 0.3) is 5.24 Å². The van der Waals surface area contributed by atoms with Crippen molar-refractivity contribution in [1.29, 1.82) is 0 Å². The van der Waals surface area contributed by atoms with E-state index in [2.05, 4.69) is 9.97 Å². The predicted molar refractivity (Wildman–Crippen MR) is 66.2 cm³/mol. The van der Waals surface area contributed by atoms with Crippen molar-refractivity contribution in [2.24, 2.45) is 5.73 Å². The van der Waals surface area contributed by atoms with E-state index in [0.717, 1.165) is 0 Å². The molecule has 1 amide bonds. The van der Waals surface area contributed by atoms with Gasteiger partial charge in [-0.3, -0.25) is 19.6 Å². The van der Waals surface area contributed by atoms with Crippen LogP contribution >= 0.6 is 11.6 Å². The van der Waals surface area contributed by atoms with Gasteiger partial charge in [0.2, 0.25) is 5.91 Å². The van der Waals surface area contributed by atoms with Crippen LogP contribution in [0.3, 0.4) is 0 Å². The van der Waals surface area contributed by atoms with E-state index >= 15 is 0 Å². The molecule has 0 bridgehead atoms. The monoisotopic (exact) mass is 261 g/mol. The summed E-state index contributed by atoms with van der Waals surface area (Å²) in [6.45, 7) is 0. The van der Waals surface area contributed by atoms with Crippen LogP contribution in [0, 0.1) is 0 Å². The number of hydrogen-bond donors (Lipinski definition) is 1. The molecule has 2 aromatic rings. The minimum absolute atomic E-state index is 0.313. The molecule has 90 valence electrons. The van der Waals surface area contributed by atoms with E-state index in [-0.39, 0.29) is 0 Å². The van der Waals surface area contributed by atoms with Gasteiger partial charge in [-0.2, -0.15) is 0 Å². The maximum Gasteiger partial charge on any atom is 0.252 e. The van der Waals surface area contributed by atoms with Gasteiger partial charge < -0.3 is 5.73 Å². The van der Waals surface area contributed by atoms with E-state index in [0.29, 0.717) is 22.5 Å². The van der Waals surface area contributed by atoms with E-state index < -0.39 is 11.1 Å². The molecule has 0 radical (unpaired) electrons. The van der Waals surface area contributed by atoms with Gasteiger partial charge in [0.05, 0.1) is 11.4 Å². The predicted octanol–water partition coefficient (Wildman–Crippen LogP) is 1.62. The molecule has 0 saturated carbocycles. The highest BCUT2D eigenvalue weighted by Gasteiger charge is 2.08. The van der Waals surface area contributed by atoms with E-state index in [1.54, 1.807) is 0 Å². The second-order valence-corrected chi connectivity index (χ2v) is 3.84. The summed E-state index contributed by atoms with van der Waals surface area (Å²) in [6, 6.07) is 6.01. The van der Waals surface area contributed by atoms with E-state index in [4.69, 9.17) is 17.3 Å². The number of nitrogens with zero attached hydrogens (tertiary/aromatic N) is 2. The van der Waals surface area contributed by atoms with E-state index in [1.807, 2.05) is 0 Å². The number of rotatable bonds is 3. The van der Waals surface area contributed by atoms with Crippen LogP contribution in [0.2, 0.25) is 0 Å². The molecular formula is C12H8ClN3O2. The van der Waals surface area contributed by atoms with Crippen LogP contribution in [0.25, 0.3) is 11.4 Å². The van der Waals surface area contributed by atoms with E-state index in [9.17, 15) is 9.59 Å². The van der Waals surface area contributed by atoms with Crippen molar-refractivity contribution in [2.45, 2.75) is 0 Å². The summed E-state index contributed by atoms with van der Waals surface area (Å²) in [6.07, 6.45) is 2.90. The third kappa shape index (κ3) is 2.52. The first-order valence-electron chi connectivity index (χ1n) is 5.00. The highest BCUT2D eigenvalue weighted by molar-refractivity contribution is 6.67. The minimum Gasteiger partial charge on any atom is -0.366 e. The maximum atomic E-state index is 11.1. The maximum absolute atomic E-state index is 11.1. The molecule has 0 aromatic carbocycles. The Morgan fingerprint density at radius 2 is 1.50 bits per heavy atom. The Bertz CT molecular complexity index is 573. The molecule has 0 fully saturated rings. The number of halogens is 1. The number of primary amides is 1. The molecule has 0 spiro atoms. The molecule has 0 aliphatic rings. The molecule has 2 heterocycles. The first kappa shape index (κ1) is 12.2. The summed E-state index contributed by atoms with van der Waals surface area (Å²) in [5.41, 5.74) is 6.71. The third-order valence-corrected chi connectivity index (χ3v) is 2.51. The number of amides is 1. The van der Waals surface area contributed by atoms with Gasteiger partial charge in [0.1, 0.15) is 0 Å². The first-order chi connectivity index (χ1) is 8.58. The Morgan fingerprint density at radius 1 is 1.00 bits per heavy atom. The second kappa shape index (κ2) is 4.93.